The van der Waals surface area contributed by atoms with E-state index >= 15 is 0 Å². The molecule has 0 unspecified atom stereocenters. The molecule has 0 atom stereocenters. The molecule has 0 radical (unpaired) electrons. The summed E-state index contributed by atoms with van der Waals surface area (Å²) in [6.07, 6.45) is 1.64. The van der Waals surface area contributed by atoms with Crippen molar-refractivity contribution < 1.29 is 14.6 Å². The van der Waals surface area contributed by atoms with Crippen molar-refractivity contribution in [2.45, 2.75) is 13.0 Å². The Balaban J connectivity index is 1.72. The summed E-state index contributed by atoms with van der Waals surface area (Å²) in [5.41, 5.74) is 3.88. The quantitative estimate of drug-likeness (QED) is 0.917. The van der Waals surface area contributed by atoms with Gasteiger partial charge in [-0.25, -0.2) is 0 Å². The first kappa shape index (κ1) is 15.6. The molecule has 5 heteroatoms. The molecule has 0 amide bonds. The van der Waals surface area contributed by atoms with Crippen LogP contribution in [0.4, 0.5) is 0 Å². The van der Waals surface area contributed by atoms with Gasteiger partial charge < -0.3 is 9.84 Å². The van der Waals surface area contributed by atoms with Crippen molar-refractivity contribution in [3.05, 3.63) is 53.7 Å². The van der Waals surface area contributed by atoms with Gasteiger partial charge in [0.2, 0.25) is 0 Å². The van der Waals surface area contributed by atoms with E-state index in [0.29, 0.717) is 5.56 Å². The summed E-state index contributed by atoms with van der Waals surface area (Å²) in [6.45, 7) is 4.44. The lowest BCUT2D eigenvalue weighted by atomic mass is 10.1. The lowest BCUT2D eigenvalue weighted by Gasteiger charge is -2.26. The third kappa shape index (κ3) is 4.37. The third-order valence-corrected chi connectivity index (χ3v) is 3.91. The number of hydrogen-bond donors (Lipinski definition) is 1. The molecule has 0 bridgehead atoms. The van der Waals surface area contributed by atoms with Gasteiger partial charge in [0.15, 0.2) is 0 Å². The third-order valence-electron chi connectivity index (χ3n) is 3.91. The number of pyridine rings is 1. The van der Waals surface area contributed by atoms with Crippen LogP contribution in [-0.2, 0) is 22.5 Å². The molecule has 1 aromatic heterocycles. The Labute approximate surface area is 135 Å². The van der Waals surface area contributed by atoms with Crippen LogP contribution in [0.25, 0.3) is 11.3 Å². The average Bonchev–Trinajstić information content (AvgIpc) is 2.56. The molecule has 2 heterocycles. The fraction of sp³-hybridized carbons (Fsp3) is 0.333. The highest BCUT2D eigenvalue weighted by Gasteiger charge is 2.11. The van der Waals surface area contributed by atoms with Gasteiger partial charge in [-0.15, -0.1) is 0 Å². The van der Waals surface area contributed by atoms with Crippen LogP contribution in [0.1, 0.15) is 11.1 Å². The number of rotatable bonds is 5. The van der Waals surface area contributed by atoms with E-state index in [1.165, 1.54) is 5.56 Å². The second-order valence-corrected chi connectivity index (χ2v) is 5.71. The van der Waals surface area contributed by atoms with Gasteiger partial charge in [-0.05, 0) is 23.3 Å². The zero-order valence-electron chi connectivity index (χ0n) is 12.9. The van der Waals surface area contributed by atoms with Crippen molar-refractivity contribution >= 4 is 5.97 Å². The first-order valence-corrected chi connectivity index (χ1v) is 7.77. The summed E-state index contributed by atoms with van der Waals surface area (Å²) < 4.78 is 5.38. The summed E-state index contributed by atoms with van der Waals surface area (Å²) in [5, 5.41) is 8.80. The number of carboxylic acid groups (broad SMARTS) is 1. The molecule has 1 aliphatic heterocycles. The number of aliphatic carboxylic acids is 1. The van der Waals surface area contributed by atoms with E-state index in [1.54, 1.807) is 6.20 Å². The van der Waals surface area contributed by atoms with Crippen molar-refractivity contribution in [1.82, 2.24) is 9.88 Å². The Hall–Kier alpha value is -2.24. The Morgan fingerprint density at radius 2 is 2.00 bits per heavy atom. The second-order valence-electron chi connectivity index (χ2n) is 5.71. The molecule has 1 aliphatic rings. The average molecular weight is 312 g/mol. The van der Waals surface area contributed by atoms with Crippen LogP contribution >= 0.6 is 0 Å². The van der Waals surface area contributed by atoms with E-state index in [4.69, 9.17) is 9.84 Å². The highest BCUT2D eigenvalue weighted by Crippen LogP contribution is 2.20. The molecule has 120 valence electrons. The smallest absolute Gasteiger partial charge is 0.307 e. The summed E-state index contributed by atoms with van der Waals surface area (Å²) in [6, 6.07) is 12.0. The van der Waals surface area contributed by atoms with Crippen LogP contribution in [0.5, 0.6) is 0 Å². The molecule has 2 aromatic rings. The zero-order chi connectivity index (χ0) is 16.1. The monoisotopic (exact) mass is 312 g/mol. The summed E-state index contributed by atoms with van der Waals surface area (Å²) in [4.78, 5) is 17.5. The highest BCUT2D eigenvalue weighted by molar-refractivity contribution is 5.70. The second kappa shape index (κ2) is 7.35. The van der Waals surface area contributed by atoms with Gasteiger partial charge >= 0.3 is 5.97 Å². The van der Waals surface area contributed by atoms with Crippen LogP contribution in [-0.4, -0.2) is 47.3 Å². The van der Waals surface area contributed by atoms with E-state index in [1.807, 2.05) is 24.3 Å². The maximum absolute atomic E-state index is 10.7. The maximum Gasteiger partial charge on any atom is 0.307 e. The minimum atomic E-state index is -0.841. The van der Waals surface area contributed by atoms with Crippen molar-refractivity contribution in [1.29, 1.82) is 0 Å². The number of carboxylic acids is 1. The molecular formula is C18H20N2O3. The minimum absolute atomic E-state index is 0.00432. The molecular weight excluding hydrogens is 292 g/mol. The number of aromatic nitrogens is 1. The lowest BCUT2D eigenvalue weighted by Crippen LogP contribution is -2.35. The molecule has 3 rings (SSSR count). The van der Waals surface area contributed by atoms with E-state index in [0.717, 1.165) is 44.1 Å². The zero-order valence-corrected chi connectivity index (χ0v) is 12.9. The Kier molecular flexibility index (Phi) is 5.00. The number of nitrogens with zero attached hydrogens (tertiary/aromatic N) is 2. The summed E-state index contributed by atoms with van der Waals surface area (Å²) >= 11 is 0. The fourth-order valence-electron chi connectivity index (χ4n) is 2.72. The van der Waals surface area contributed by atoms with Crippen LogP contribution in [0.2, 0.25) is 0 Å². The molecule has 0 aliphatic carbocycles. The van der Waals surface area contributed by atoms with Crippen LogP contribution in [0.15, 0.2) is 42.6 Å². The summed E-state index contributed by atoms with van der Waals surface area (Å²) in [7, 11) is 0. The highest BCUT2D eigenvalue weighted by atomic mass is 16.5. The van der Waals surface area contributed by atoms with Gasteiger partial charge in [-0.2, -0.15) is 0 Å². The number of carbonyl (C=O) groups is 1. The summed E-state index contributed by atoms with van der Waals surface area (Å²) in [5.74, 6) is -0.841. The van der Waals surface area contributed by atoms with E-state index in [9.17, 15) is 4.79 Å². The number of benzene rings is 1. The topological polar surface area (TPSA) is 62.7 Å². The Morgan fingerprint density at radius 3 is 2.70 bits per heavy atom. The Morgan fingerprint density at radius 1 is 1.17 bits per heavy atom. The van der Waals surface area contributed by atoms with Gasteiger partial charge in [-0.3, -0.25) is 14.7 Å². The predicted octanol–water partition coefficient (Wildman–Crippen LogP) is 2.21. The molecule has 1 saturated heterocycles. The maximum atomic E-state index is 10.7. The van der Waals surface area contributed by atoms with Crippen molar-refractivity contribution in [2.75, 3.05) is 26.3 Å². The molecule has 23 heavy (non-hydrogen) atoms. The van der Waals surface area contributed by atoms with E-state index in [-0.39, 0.29) is 6.42 Å². The predicted molar refractivity (Wildman–Crippen MR) is 87.1 cm³/mol. The molecule has 1 aromatic carbocycles. The first-order valence-electron chi connectivity index (χ1n) is 7.77. The molecule has 0 saturated carbocycles. The first-order chi connectivity index (χ1) is 11.2. The molecule has 1 fully saturated rings. The van der Waals surface area contributed by atoms with Crippen molar-refractivity contribution in [2.24, 2.45) is 0 Å². The fourth-order valence-corrected chi connectivity index (χ4v) is 2.72. The van der Waals surface area contributed by atoms with Crippen LogP contribution in [0, 0.1) is 0 Å². The SMILES string of the molecule is O=C(O)Cc1ccc(-c2cccc(CN3CCOCC3)c2)nc1. The number of ether oxygens (including phenoxy) is 1. The lowest BCUT2D eigenvalue weighted by molar-refractivity contribution is -0.136. The van der Waals surface area contributed by atoms with Gasteiger partial charge in [0.05, 0.1) is 25.3 Å². The van der Waals surface area contributed by atoms with Gasteiger partial charge in [0.25, 0.3) is 0 Å². The van der Waals surface area contributed by atoms with Gasteiger partial charge in [-0.1, -0.05) is 24.3 Å². The minimum Gasteiger partial charge on any atom is -0.481 e. The van der Waals surface area contributed by atoms with Gasteiger partial charge in [0.1, 0.15) is 0 Å². The number of morpholine rings is 1. The molecule has 0 spiro atoms. The van der Waals surface area contributed by atoms with E-state index in [2.05, 4.69) is 22.0 Å². The van der Waals surface area contributed by atoms with E-state index < -0.39 is 5.97 Å². The van der Waals surface area contributed by atoms with Crippen LogP contribution in [0.3, 0.4) is 0 Å². The Bertz CT molecular complexity index is 664. The molecule has 5 nitrogen and oxygen atoms in total. The molecule has 1 N–H and O–H groups in total. The standard InChI is InChI=1S/C18H20N2O3/c21-18(22)11-14-4-5-17(19-12-14)16-3-1-2-15(10-16)13-20-6-8-23-9-7-20/h1-5,10,12H,6-9,11,13H2,(H,21,22). The largest absolute Gasteiger partial charge is 0.481 e. The van der Waals surface area contributed by atoms with Crippen LogP contribution < -0.4 is 0 Å². The number of hydrogen-bond acceptors (Lipinski definition) is 4. The normalized spacial score (nSPS) is 15.5. The van der Waals surface area contributed by atoms with Gasteiger partial charge in [0, 0.05) is 31.4 Å². The van der Waals surface area contributed by atoms with Crippen molar-refractivity contribution in [3.63, 3.8) is 0 Å². The van der Waals surface area contributed by atoms with Crippen molar-refractivity contribution in [3.8, 4) is 11.3 Å².